The minimum Gasteiger partial charge on any atom is -0.484 e. The molecular formula is C15H18F3NO4. The second-order valence-corrected chi connectivity index (χ2v) is 5.36. The van der Waals surface area contributed by atoms with E-state index in [1.54, 1.807) is 19.9 Å². The highest BCUT2D eigenvalue weighted by molar-refractivity contribution is 5.85. The van der Waals surface area contributed by atoms with Gasteiger partial charge >= 0.3 is 12.1 Å². The summed E-state index contributed by atoms with van der Waals surface area (Å²) in [4.78, 5) is 22.9. The minimum absolute atomic E-state index is 0.00808. The highest BCUT2D eigenvalue weighted by Gasteiger charge is 2.28. The lowest BCUT2D eigenvalue weighted by Crippen LogP contribution is -2.44. The van der Waals surface area contributed by atoms with Crippen molar-refractivity contribution in [1.29, 1.82) is 0 Å². The van der Waals surface area contributed by atoms with Gasteiger partial charge in [-0.25, -0.2) is 4.79 Å². The highest BCUT2D eigenvalue weighted by Crippen LogP contribution is 2.19. The largest absolute Gasteiger partial charge is 0.484 e. The summed E-state index contributed by atoms with van der Waals surface area (Å²) in [5.74, 6) is -1.97. The van der Waals surface area contributed by atoms with Gasteiger partial charge in [0.15, 0.2) is 6.61 Å². The van der Waals surface area contributed by atoms with Gasteiger partial charge in [-0.2, -0.15) is 13.2 Å². The lowest BCUT2D eigenvalue weighted by atomic mass is 10.0. The van der Waals surface area contributed by atoms with E-state index >= 15 is 0 Å². The Bertz CT molecular complexity index is 558. The van der Waals surface area contributed by atoms with Crippen molar-refractivity contribution in [2.24, 2.45) is 5.92 Å². The highest BCUT2D eigenvalue weighted by atomic mass is 19.4. The number of amides is 1. The zero-order valence-electron chi connectivity index (χ0n) is 12.7. The second-order valence-electron chi connectivity index (χ2n) is 5.36. The van der Waals surface area contributed by atoms with E-state index < -0.39 is 30.7 Å². The molecule has 0 saturated carbocycles. The number of hydrogen-bond acceptors (Lipinski definition) is 3. The number of carbonyl (C=O) groups is 2. The Morgan fingerprint density at radius 1 is 1.30 bits per heavy atom. The number of rotatable bonds is 7. The second kappa shape index (κ2) is 7.85. The maximum atomic E-state index is 12.1. The van der Waals surface area contributed by atoms with Crippen molar-refractivity contribution < 1.29 is 32.6 Å². The molecule has 23 heavy (non-hydrogen) atoms. The molecule has 1 atom stereocenters. The van der Waals surface area contributed by atoms with Gasteiger partial charge in [-0.05, 0) is 23.6 Å². The van der Waals surface area contributed by atoms with Crippen LogP contribution in [0.2, 0.25) is 0 Å². The van der Waals surface area contributed by atoms with Gasteiger partial charge in [0.25, 0.3) is 0 Å². The summed E-state index contributed by atoms with van der Waals surface area (Å²) in [6, 6.07) is 4.65. The number of benzene rings is 1. The Labute approximate surface area is 131 Å². The van der Waals surface area contributed by atoms with Crippen molar-refractivity contribution in [2.45, 2.75) is 32.5 Å². The van der Waals surface area contributed by atoms with Crippen LogP contribution in [-0.4, -0.2) is 35.8 Å². The van der Waals surface area contributed by atoms with Crippen LogP contribution < -0.4 is 10.1 Å². The Morgan fingerprint density at radius 3 is 2.48 bits per heavy atom. The van der Waals surface area contributed by atoms with Gasteiger partial charge in [0.05, 0.1) is 6.42 Å². The fraction of sp³-hybridized carbons (Fsp3) is 0.467. The van der Waals surface area contributed by atoms with Gasteiger partial charge < -0.3 is 15.2 Å². The molecular weight excluding hydrogens is 315 g/mol. The molecule has 0 aliphatic heterocycles. The molecule has 0 bridgehead atoms. The standard InChI is InChI=1S/C15H18F3NO4/c1-9(2)13(14(21)22)19-12(20)7-10-4-3-5-11(6-10)23-8-15(16,17)18/h3-6,9,13H,7-8H2,1-2H3,(H,19,20)(H,21,22)/t13-/m1/s1. The van der Waals surface area contributed by atoms with E-state index in [0.717, 1.165) is 0 Å². The van der Waals surface area contributed by atoms with Crippen LogP contribution in [0.5, 0.6) is 5.75 Å². The molecule has 0 spiro atoms. The molecule has 1 aromatic rings. The molecule has 0 aliphatic rings. The van der Waals surface area contributed by atoms with Crippen LogP contribution in [0.3, 0.4) is 0 Å². The van der Waals surface area contributed by atoms with Crippen molar-refractivity contribution in [3.8, 4) is 5.75 Å². The third-order valence-corrected chi connectivity index (χ3v) is 2.91. The van der Waals surface area contributed by atoms with Crippen LogP contribution in [0.15, 0.2) is 24.3 Å². The molecule has 1 amide bonds. The summed E-state index contributed by atoms with van der Waals surface area (Å²) < 4.78 is 40.9. The van der Waals surface area contributed by atoms with E-state index in [4.69, 9.17) is 5.11 Å². The predicted octanol–water partition coefficient (Wildman–Crippen LogP) is 2.40. The van der Waals surface area contributed by atoms with Crippen molar-refractivity contribution >= 4 is 11.9 Å². The number of aliphatic carboxylic acids is 1. The van der Waals surface area contributed by atoms with Crippen LogP contribution in [-0.2, 0) is 16.0 Å². The first-order valence-corrected chi connectivity index (χ1v) is 6.89. The lowest BCUT2D eigenvalue weighted by Gasteiger charge is -2.18. The van der Waals surface area contributed by atoms with Gasteiger partial charge in [-0.3, -0.25) is 4.79 Å². The quantitative estimate of drug-likeness (QED) is 0.803. The zero-order valence-corrected chi connectivity index (χ0v) is 12.7. The molecule has 0 radical (unpaired) electrons. The normalized spacial score (nSPS) is 12.8. The average Bonchev–Trinajstić information content (AvgIpc) is 2.41. The van der Waals surface area contributed by atoms with Crippen LogP contribution >= 0.6 is 0 Å². The van der Waals surface area contributed by atoms with Crippen molar-refractivity contribution in [1.82, 2.24) is 5.32 Å². The average molecular weight is 333 g/mol. The summed E-state index contributed by atoms with van der Waals surface area (Å²) in [6.45, 7) is 1.90. The molecule has 0 fully saturated rings. The molecule has 5 nitrogen and oxygen atoms in total. The lowest BCUT2D eigenvalue weighted by molar-refractivity contribution is -0.153. The molecule has 0 aromatic heterocycles. The van der Waals surface area contributed by atoms with E-state index in [-0.39, 0.29) is 18.1 Å². The summed E-state index contributed by atoms with van der Waals surface area (Å²) >= 11 is 0. The van der Waals surface area contributed by atoms with Crippen molar-refractivity contribution in [3.63, 3.8) is 0 Å². The molecule has 128 valence electrons. The number of carbonyl (C=O) groups excluding carboxylic acids is 1. The first kappa shape index (κ1) is 18.8. The number of hydrogen-bond donors (Lipinski definition) is 2. The van der Waals surface area contributed by atoms with Gasteiger partial charge in [0.1, 0.15) is 11.8 Å². The molecule has 0 aliphatic carbocycles. The zero-order chi connectivity index (χ0) is 17.6. The van der Waals surface area contributed by atoms with Gasteiger partial charge in [-0.1, -0.05) is 26.0 Å². The van der Waals surface area contributed by atoms with E-state index in [0.29, 0.717) is 5.56 Å². The number of halogens is 3. The van der Waals surface area contributed by atoms with E-state index in [1.165, 1.54) is 18.2 Å². The number of nitrogens with one attached hydrogen (secondary N) is 1. The number of carboxylic acids is 1. The van der Waals surface area contributed by atoms with E-state index in [9.17, 15) is 22.8 Å². The van der Waals surface area contributed by atoms with Gasteiger partial charge in [-0.15, -0.1) is 0 Å². The van der Waals surface area contributed by atoms with Crippen LogP contribution in [0, 0.1) is 5.92 Å². The third kappa shape index (κ3) is 7.03. The summed E-state index contributed by atoms with van der Waals surface area (Å²) in [7, 11) is 0. The molecule has 0 saturated heterocycles. The minimum atomic E-state index is -4.45. The Morgan fingerprint density at radius 2 is 1.96 bits per heavy atom. The fourth-order valence-electron chi connectivity index (χ4n) is 1.83. The Balaban J connectivity index is 2.66. The Hall–Kier alpha value is -2.25. The first-order chi connectivity index (χ1) is 10.6. The number of alkyl halides is 3. The monoisotopic (exact) mass is 333 g/mol. The molecule has 0 unspecified atom stereocenters. The van der Waals surface area contributed by atoms with Crippen molar-refractivity contribution in [3.05, 3.63) is 29.8 Å². The van der Waals surface area contributed by atoms with Crippen LogP contribution in [0.4, 0.5) is 13.2 Å². The smallest absolute Gasteiger partial charge is 0.422 e. The summed E-state index contributed by atoms with van der Waals surface area (Å²) in [6.07, 6.45) is -4.60. The molecule has 2 N–H and O–H groups in total. The summed E-state index contributed by atoms with van der Waals surface area (Å²) in [5, 5.41) is 11.4. The van der Waals surface area contributed by atoms with E-state index in [2.05, 4.69) is 10.1 Å². The number of carboxylic acid groups (broad SMARTS) is 1. The topological polar surface area (TPSA) is 75.6 Å². The van der Waals surface area contributed by atoms with E-state index in [1.807, 2.05) is 0 Å². The van der Waals surface area contributed by atoms with Gasteiger partial charge in [0, 0.05) is 0 Å². The maximum Gasteiger partial charge on any atom is 0.422 e. The fourth-order valence-corrected chi connectivity index (χ4v) is 1.83. The third-order valence-electron chi connectivity index (χ3n) is 2.91. The van der Waals surface area contributed by atoms with Crippen LogP contribution in [0.25, 0.3) is 0 Å². The molecule has 1 rings (SSSR count). The van der Waals surface area contributed by atoms with Crippen LogP contribution in [0.1, 0.15) is 19.4 Å². The molecule has 8 heteroatoms. The maximum absolute atomic E-state index is 12.1. The summed E-state index contributed by atoms with van der Waals surface area (Å²) in [5.41, 5.74) is 0.426. The SMILES string of the molecule is CC(C)[C@@H](NC(=O)Cc1cccc(OCC(F)(F)F)c1)C(=O)O. The molecule has 1 aromatic carbocycles. The predicted molar refractivity (Wildman–Crippen MR) is 76.1 cm³/mol. The molecule has 0 heterocycles. The van der Waals surface area contributed by atoms with Crippen molar-refractivity contribution in [2.75, 3.05) is 6.61 Å². The van der Waals surface area contributed by atoms with Gasteiger partial charge in [0.2, 0.25) is 5.91 Å². The number of ether oxygens (including phenoxy) is 1. The Kier molecular flexibility index (Phi) is 6.41. The first-order valence-electron chi connectivity index (χ1n) is 6.89.